The van der Waals surface area contributed by atoms with E-state index in [1.54, 1.807) is 6.07 Å². The van der Waals surface area contributed by atoms with Crippen molar-refractivity contribution in [3.8, 4) is 0 Å². The summed E-state index contributed by atoms with van der Waals surface area (Å²) < 4.78 is 0. The molecule has 2 amide bonds. The van der Waals surface area contributed by atoms with E-state index in [0.29, 0.717) is 12.1 Å². The largest absolute Gasteiger partial charge is 0.366 e. The normalized spacial score (nSPS) is 19.2. The summed E-state index contributed by atoms with van der Waals surface area (Å²) in [6.07, 6.45) is 5.78. The molecular weight excluding hydrogens is 302 g/mol. The molecule has 5 nitrogen and oxygen atoms in total. The number of piperidine rings is 1. The Morgan fingerprint density at radius 2 is 2.00 bits per heavy atom. The first-order chi connectivity index (χ1) is 11.6. The van der Waals surface area contributed by atoms with Crippen LogP contribution >= 0.6 is 0 Å². The lowest BCUT2D eigenvalue weighted by Gasteiger charge is -2.37. The molecule has 2 aliphatic rings. The van der Waals surface area contributed by atoms with E-state index in [1.165, 1.54) is 19.4 Å². The second-order valence-corrected chi connectivity index (χ2v) is 7.21. The van der Waals surface area contributed by atoms with Crippen LogP contribution in [0.15, 0.2) is 18.2 Å². The van der Waals surface area contributed by atoms with E-state index >= 15 is 0 Å². The van der Waals surface area contributed by atoms with Crippen LogP contribution in [0.1, 0.15) is 47.2 Å². The van der Waals surface area contributed by atoms with Gasteiger partial charge >= 0.3 is 0 Å². The van der Waals surface area contributed by atoms with Crippen LogP contribution in [0.25, 0.3) is 0 Å². The maximum absolute atomic E-state index is 11.6. The lowest BCUT2D eigenvalue weighted by molar-refractivity contribution is -0.121. The number of nitrogens with zero attached hydrogens (tertiary/aromatic N) is 2. The maximum Gasteiger partial charge on any atom is 0.248 e. The first kappa shape index (κ1) is 17.0. The van der Waals surface area contributed by atoms with E-state index in [-0.39, 0.29) is 6.04 Å². The summed E-state index contributed by atoms with van der Waals surface area (Å²) in [4.78, 5) is 27.6. The van der Waals surface area contributed by atoms with Gasteiger partial charge in [-0.1, -0.05) is 12.1 Å². The predicted molar refractivity (Wildman–Crippen MR) is 93.5 cm³/mol. The predicted octanol–water partition coefficient (Wildman–Crippen LogP) is 1.93. The Hall–Kier alpha value is -1.88. The Labute approximate surface area is 143 Å². The van der Waals surface area contributed by atoms with Crippen LogP contribution in [0.2, 0.25) is 0 Å². The standard InChI is InChI=1S/C19H27N3O2/c1-14-16(3-2-4-18(14)19(20)24)12-22(13-23)17-7-9-21(10-8-17)11-15-5-6-15/h2-4,13,15,17H,5-12H2,1H3,(H2,20,24). The molecule has 5 heteroatoms. The number of benzene rings is 1. The van der Waals surface area contributed by atoms with Crippen LogP contribution in [0.5, 0.6) is 0 Å². The van der Waals surface area contributed by atoms with Gasteiger partial charge in [0, 0.05) is 37.8 Å². The number of hydrogen-bond acceptors (Lipinski definition) is 3. The molecule has 0 bridgehead atoms. The lowest BCUT2D eigenvalue weighted by atomic mass is 9.99. The van der Waals surface area contributed by atoms with E-state index < -0.39 is 5.91 Å². The maximum atomic E-state index is 11.6. The molecule has 1 aliphatic carbocycles. The molecule has 1 aliphatic heterocycles. The summed E-state index contributed by atoms with van der Waals surface area (Å²) >= 11 is 0. The van der Waals surface area contributed by atoms with Crippen molar-refractivity contribution in [2.75, 3.05) is 19.6 Å². The van der Waals surface area contributed by atoms with Gasteiger partial charge < -0.3 is 15.5 Å². The zero-order valence-corrected chi connectivity index (χ0v) is 14.4. The minimum absolute atomic E-state index is 0.287. The van der Waals surface area contributed by atoms with Crippen molar-refractivity contribution >= 4 is 12.3 Å². The van der Waals surface area contributed by atoms with Crippen LogP contribution in [-0.4, -0.2) is 47.8 Å². The Morgan fingerprint density at radius 1 is 1.29 bits per heavy atom. The fraction of sp³-hybridized carbons (Fsp3) is 0.579. The van der Waals surface area contributed by atoms with Gasteiger partial charge in [-0.25, -0.2) is 0 Å². The molecule has 2 N–H and O–H groups in total. The molecule has 24 heavy (non-hydrogen) atoms. The van der Waals surface area contributed by atoms with Crippen molar-refractivity contribution in [1.82, 2.24) is 9.80 Å². The average Bonchev–Trinajstić information content (AvgIpc) is 3.38. The minimum atomic E-state index is -0.416. The van der Waals surface area contributed by atoms with Gasteiger partial charge in [0.1, 0.15) is 0 Å². The summed E-state index contributed by atoms with van der Waals surface area (Å²) in [6, 6.07) is 5.84. The molecule has 0 aromatic heterocycles. The quantitative estimate of drug-likeness (QED) is 0.777. The molecule has 0 spiro atoms. The third-order valence-corrected chi connectivity index (χ3v) is 5.44. The number of nitrogens with two attached hydrogens (primary N) is 1. The second kappa shape index (κ2) is 7.34. The first-order valence-corrected chi connectivity index (χ1v) is 8.90. The van der Waals surface area contributed by atoms with Gasteiger partial charge in [0.25, 0.3) is 0 Å². The van der Waals surface area contributed by atoms with Gasteiger partial charge in [-0.05, 0) is 55.7 Å². The molecule has 1 aromatic carbocycles. The first-order valence-electron chi connectivity index (χ1n) is 8.90. The van der Waals surface area contributed by atoms with Crippen LogP contribution < -0.4 is 5.73 Å². The van der Waals surface area contributed by atoms with Crippen LogP contribution in [0, 0.1) is 12.8 Å². The van der Waals surface area contributed by atoms with Crippen LogP contribution in [0.3, 0.4) is 0 Å². The monoisotopic (exact) mass is 329 g/mol. The van der Waals surface area contributed by atoms with Crippen molar-refractivity contribution in [1.29, 1.82) is 0 Å². The van der Waals surface area contributed by atoms with E-state index in [1.807, 2.05) is 24.0 Å². The average molecular weight is 329 g/mol. The van der Waals surface area contributed by atoms with Crippen LogP contribution in [-0.2, 0) is 11.3 Å². The van der Waals surface area contributed by atoms with Crippen molar-refractivity contribution in [2.45, 2.75) is 45.2 Å². The van der Waals surface area contributed by atoms with Gasteiger partial charge in [-0.15, -0.1) is 0 Å². The van der Waals surface area contributed by atoms with E-state index in [9.17, 15) is 9.59 Å². The fourth-order valence-corrected chi connectivity index (χ4v) is 3.67. The van der Waals surface area contributed by atoms with Crippen molar-refractivity contribution < 1.29 is 9.59 Å². The SMILES string of the molecule is Cc1c(CN(C=O)C2CCN(CC3CC3)CC2)cccc1C(N)=O. The highest BCUT2D eigenvalue weighted by Crippen LogP contribution is 2.31. The van der Waals surface area contributed by atoms with Gasteiger partial charge in [0.2, 0.25) is 12.3 Å². The van der Waals surface area contributed by atoms with Crippen molar-refractivity contribution in [2.24, 2.45) is 11.7 Å². The highest BCUT2D eigenvalue weighted by molar-refractivity contribution is 5.94. The number of carbonyl (C=O) groups excluding carboxylic acids is 2. The number of hydrogen-bond donors (Lipinski definition) is 1. The molecule has 0 radical (unpaired) electrons. The highest BCUT2D eigenvalue weighted by atomic mass is 16.1. The minimum Gasteiger partial charge on any atom is -0.366 e. The molecule has 3 rings (SSSR count). The van der Waals surface area contributed by atoms with Crippen LogP contribution in [0.4, 0.5) is 0 Å². The summed E-state index contributed by atoms with van der Waals surface area (Å²) in [7, 11) is 0. The summed E-state index contributed by atoms with van der Waals surface area (Å²) in [5, 5.41) is 0. The second-order valence-electron chi connectivity index (χ2n) is 7.21. The number of rotatable bonds is 7. The molecule has 2 fully saturated rings. The molecule has 1 aromatic rings. The third-order valence-electron chi connectivity index (χ3n) is 5.44. The van der Waals surface area contributed by atoms with Crippen molar-refractivity contribution in [3.05, 3.63) is 34.9 Å². The fourth-order valence-electron chi connectivity index (χ4n) is 3.67. The summed E-state index contributed by atoms with van der Waals surface area (Å²) in [5.74, 6) is 0.503. The Balaban J connectivity index is 1.62. The number of amides is 2. The molecule has 1 heterocycles. The summed E-state index contributed by atoms with van der Waals surface area (Å²) in [5.41, 5.74) is 7.84. The molecular formula is C19H27N3O2. The van der Waals surface area contributed by atoms with Gasteiger partial charge in [0.15, 0.2) is 0 Å². The van der Waals surface area contributed by atoms with Crippen molar-refractivity contribution in [3.63, 3.8) is 0 Å². The lowest BCUT2D eigenvalue weighted by Crippen LogP contribution is -2.44. The molecule has 130 valence electrons. The van der Waals surface area contributed by atoms with E-state index in [0.717, 1.165) is 49.4 Å². The van der Waals surface area contributed by atoms with E-state index in [4.69, 9.17) is 5.73 Å². The molecule has 0 unspecified atom stereocenters. The Bertz CT molecular complexity index is 605. The van der Waals surface area contributed by atoms with E-state index in [2.05, 4.69) is 4.90 Å². The molecule has 1 saturated heterocycles. The summed E-state index contributed by atoms with van der Waals surface area (Å²) in [6.45, 7) is 5.82. The zero-order valence-electron chi connectivity index (χ0n) is 14.4. The smallest absolute Gasteiger partial charge is 0.248 e. The zero-order chi connectivity index (χ0) is 17.1. The van der Waals surface area contributed by atoms with Gasteiger partial charge in [-0.3, -0.25) is 9.59 Å². The number of likely N-dealkylation sites (tertiary alicyclic amines) is 1. The Morgan fingerprint density at radius 3 is 2.58 bits per heavy atom. The Kier molecular flexibility index (Phi) is 5.19. The topological polar surface area (TPSA) is 66.6 Å². The van der Waals surface area contributed by atoms with Gasteiger partial charge in [0.05, 0.1) is 0 Å². The number of carbonyl (C=O) groups is 2. The number of primary amides is 1. The highest BCUT2D eigenvalue weighted by Gasteiger charge is 2.29. The molecule has 0 atom stereocenters. The molecule has 1 saturated carbocycles. The third kappa shape index (κ3) is 3.96. The van der Waals surface area contributed by atoms with Gasteiger partial charge in [-0.2, -0.15) is 0 Å².